The molecule has 1 amide bonds. The fourth-order valence-corrected chi connectivity index (χ4v) is 4.08. The lowest BCUT2D eigenvalue weighted by atomic mass is 9.89. The molecule has 1 aromatic rings. The van der Waals surface area contributed by atoms with Crippen LogP contribution in [0.2, 0.25) is 0 Å². The van der Waals surface area contributed by atoms with E-state index >= 15 is 0 Å². The highest BCUT2D eigenvalue weighted by atomic mass is 16.5. The van der Waals surface area contributed by atoms with Crippen LogP contribution in [0.25, 0.3) is 0 Å². The van der Waals surface area contributed by atoms with Crippen molar-refractivity contribution in [2.45, 2.75) is 45.1 Å². The zero-order valence-corrected chi connectivity index (χ0v) is 15.7. The van der Waals surface area contributed by atoms with E-state index < -0.39 is 0 Å². The molecule has 1 unspecified atom stereocenters. The monoisotopic (exact) mass is 357 g/mol. The highest BCUT2D eigenvalue weighted by Gasteiger charge is 2.30. The van der Waals surface area contributed by atoms with Crippen molar-refractivity contribution in [3.63, 3.8) is 0 Å². The molecule has 1 atom stereocenters. The topological polar surface area (TPSA) is 38.8 Å². The number of piperidine rings is 1. The number of rotatable bonds is 7. The molecule has 1 aliphatic carbocycles. The number of hydrogen-bond donors (Lipinski definition) is 0. The Bertz CT molecular complexity index is 582. The third kappa shape index (κ3) is 4.86. The Labute approximate surface area is 156 Å². The van der Waals surface area contributed by atoms with Gasteiger partial charge in [0.25, 0.3) is 0 Å². The molecule has 4 heteroatoms. The van der Waals surface area contributed by atoms with E-state index in [0.717, 1.165) is 64.5 Å². The van der Waals surface area contributed by atoms with E-state index in [-0.39, 0.29) is 5.92 Å². The van der Waals surface area contributed by atoms with Gasteiger partial charge in [-0.2, -0.15) is 0 Å². The average molecular weight is 357 g/mol. The molecule has 3 aliphatic rings. The van der Waals surface area contributed by atoms with Crippen LogP contribution in [0, 0.1) is 17.8 Å². The smallest absolute Gasteiger partial charge is 0.228 e. The van der Waals surface area contributed by atoms with E-state index in [1.807, 2.05) is 0 Å². The van der Waals surface area contributed by atoms with Crippen LogP contribution in [0.15, 0.2) is 24.3 Å². The largest absolute Gasteiger partial charge is 0.381 e. The number of hydrogen-bond acceptors (Lipinski definition) is 3. The number of ether oxygens (including phenoxy) is 2. The molecule has 142 valence electrons. The first kappa shape index (κ1) is 18.0. The molecule has 0 radical (unpaired) electrons. The molecule has 0 spiro atoms. The van der Waals surface area contributed by atoms with Gasteiger partial charge >= 0.3 is 0 Å². The minimum absolute atomic E-state index is 0.112. The Hall–Kier alpha value is -1.39. The molecule has 0 N–H and O–H groups in total. The molecule has 4 nitrogen and oxygen atoms in total. The first-order valence-electron chi connectivity index (χ1n) is 10.3. The number of nitrogens with zero attached hydrogens (tertiary/aromatic N) is 1. The lowest BCUT2D eigenvalue weighted by Crippen LogP contribution is -2.42. The second-order valence-corrected chi connectivity index (χ2v) is 8.31. The molecule has 4 rings (SSSR count). The second kappa shape index (κ2) is 8.53. The number of benzene rings is 1. The van der Waals surface area contributed by atoms with Crippen LogP contribution in [-0.2, 0) is 27.3 Å². The quantitative estimate of drug-likeness (QED) is 0.750. The summed E-state index contributed by atoms with van der Waals surface area (Å²) in [5.74, 6) is 1.95. The van der Waals surface area contributed by atoms with Crippen LogP contribution in [0.1, 0.15) is 43.2 Å². The standard InChI is InChI=1S/C22H31NO3/c24-22(21-9-12-25-16-21)23-10-7-18(8-11-23)13-17-1-3-19(4-2-17)14-26-15-20-5-6-20/h1-4,18,20-21H,5-16H2. The molecule has 3 fully saturated rings. The summed E-state index contributed by atoms with van der Waals surface area (Å²) in [5, 5.41) is 0. The minimum Gasteiger partial charge on any atom is -0.381 e. The summed E-state index contributed by atoms with van der Waals surface area (Å²) in [6.07, 6.45) is 6.94. The molecule has 0 bridgehead atoms. The van der Waals surface area contributed by atoms with Gasteiger partial charge in [0, 0.05) is 26.3 Å². The molecule has 0 aromatic heterocycles. The normalized spacial score (nSPS) is 24.2. The zero-order valence-electron chi connectivity index (χ0n) is 15.7. The molecule has 1 saturated carbocycles. The Kier molecular flexibility index (Phi) is 5.91. The number of carbonyl (C=O) groups excluding carboxylic acids is 1. The lowest BCUT2D eigenvalue weighted by Gasteiger charge is -2.33. The van der Waals surface area contributed by atoms with Crippen molar-refractivity contribution in [3.8, 4) is 0 Å². The third-order valence-corrected chi connectivity index (χ3v) is 6.07. The van der Waals surface area contributed by atoms with Crippen LogP contribution < -0.4 is 0 Å². The van der Waals surface area contributed by atoms with Crippen molar-refractivity contribution in [2.75, 3.05) is 32.9 Å². The van der Waals surface area contributed by atoms with Crippen molar-refractivity contribution in [2.24, 2.45) is 17.8 Å². The van der Waals surface area contributed by atoms with E-state index in [0.29, 0.717) is 18.4 Å². The third-order valence-electron chi connectivity index (χ3n) is 6.07. The van der Waals surface area contributed by atoms with Gasteiger partial charge < -0.3 is 14.4 Å². The minimum atomic E-state index is 0.112. The van der Waals surface area contributed by atoms with Crippen LogP contribution in [0.4, 0.5) is 0 Å². The number of carbonyl (C=O) groups is 1. The van der Waals surface area contributed by atoms with Crippen molar-refractivity contribution < 1.29 is 14.3 Å². The predicted molar refractivity (Wildman–Crippen MR) is 101 cm³/mol. The summed E-state index contributed by atoms with van der Waals surface area (Å²) in [5.41, 5.74) is 2.68. The highest BCUT2D eigenvalue weighted by molar-refractivity contribution is 5.79. The first-order chi connectivity index (χ1) is 12.8. The summed E-state index contributed by atoms with van der Waals surface area (Å²) in [7, 11) is 0. The SMILES string of the molecule is O=C(C1CCOC1)N1CCC(Cc2ccc(COCC3CC3)cc2)CC1. The van der Waals surface area contributed by atoms with Crippen molar-refractivity contribution in [1.82, 2.24) is 4.90 Å². The summed E-state index contributed by atoms with van der Waals surface area (Å²) < 4.78 is 11.1. The van der Waals surface area contributed by atoms with E-state index in [2.05, 4.69) is 29.2 Å². The maximum atomic E-state index is 12.5. The predicted octanol–water partition coefficient (Wildman–Crippen LogP) is 3.43. The summed E-state index contributed by atoms with van der Waals surface area (Å²) in [4.78, 5) is 14.5. The van der Waals surface area contributed by atoms with Crippen LogP contribution >= 0.6 is 0 Å². The molecule has 2 saturated heterocycles. The molecule has 2 heterocycles. The molecular formula is C22H31NO3. The van der Waals surface area contributed by atoms with Gasteiger partial charge in [0.2, 0.25) is 5.91 Å². The zero-order chi connectivity index (χ0) is 17.8. The van der Waals surface area contributed by atoms with Crippen LogP contribution in [0.5, 0.6) is 0 Å². The summed E-state index contributed by atoms with van der Waals surface area (Å²) in [6.45, 7) is 4.85. The van der Waals surface area contributed by atoms with E-state index in [1.165, 1.54) is 24.0 Å². The van der Waals surface area contributed by atoms with Gasteiger partial charge in [0.1, 0.15) is 0 Å². The first-order valence-corrected chi connectivity index (χ1v) is 10.3. The Morgan fingerprint density at radius 1 is 1.00 bits per heavy atom. The van der Waals surface area contributed by atoms with E-state index in [1.54, 1.807) is 0 Å². The Balaban J connectivity index is 1.19. The Morgan fingerprint density at radius 2 is 1.73 bits per heavy atom. The van der Waals surface area contributed by atoms with E-state index in [9.17, 15) is 4.79 Å². The fourth-order valence-electron chi connectivity index (χ4n) is 4.08. The van der Waals surface area contributed by atoms with Gasteiger partial charge in [-0.1, -0.05) is 24.3 Å². The number of likely N-dealkylation sites (tertiary alicyclic amines) is 1. The van der Waals surface area contributed by atoms with Crippen molar-refractivity contribution >= 4 is 5.91 Å². The van der Waals surface area contributed by atoms with Gasteiger partial charge in [-0.05, 0) is 61.5 Å². The van der Waals surface area contributed by atoms with E-state index in [4.69, 9.17) is 9.47 Å². The van der Waals surface area contributed by atoms with Gasteiger partial charge in [-0.15, -0.1) is 0 Å². The van der Waals surface area contributed by atoms with Crippen LogP contribution in [-0.4, -0.2) is 43.7 Å². The van der Waals surface area contributed by atoms with Gasteiger partial charge in [-0.25, -0.2) is 0 Å². The Morgan fingerprint density at radius 3 is 2.38 bits per heavy atom. The maximum absolute atomic E-state index is 12.5. The highest BCUT2D eigenvalue weighted by Crippen LogP contribution is 2.29. The molecule has 2 aliphatic heterocycles. The van der Waals surface area contributed by atoms with Gasteiger partial charge in [-0.3, -0.25) is 4.79 Å². The molecule has 1 aromatic carbocycles. The second-order valence-electron chi connectivity index (χ2n) is 8.31. The fraction of sp³-hybridized carbons (Fsp3) is 0.682. The number of amides is 1. The van der Waals surface area contributed by atoms with Crippen molar-refractivity contribution in [1.29, 1.82) is 0 Å². The average Bonchev–Trinajstić information content (AvgIpc) is 3.33. The summed E-state index contributed by atoms with van der Waals surface area (Å²) in [6, 6.07) is 8.92. The lowest BCUT2D eigenvalue weighted by molar-refractivity contribution is -0.136. The van der Waals surface area contributed by atoms with Gasteiger partial charge in [0.05, 0.1) is 19.1 Å². The molecule has 26 heavy (non-hydrogen) atoms. The van der Waals surface area contributed by atoms with Gasteiger partial charge in [0.15, 0.2) is 0 Å². The summed E-state index contributed by atoms with van der Waals surface area (Å²) >= 11 is 0. The van der Waals surface area contributed by atoms with Crippen LogP contribution in [0.3, 0.4) is 0 Å². The maximum Gasteiger partial charge on any atom is 0.228 e. The molecular weight excluding hydrogens is 326 g/mol. The van der Waals surface area contributed by atoms with Crippen molar-refractivity contribution in [3.05, 3.63) is 35.4 Å².